The first-order valence-corrected chi connectivity index (χ1v) is 8.43. The second kappa shape index (κ2) is 10.7. The van der Waals surface area contributed by atoms with Crippen molar-refractivity contribution in [3.63, 3.8) is 0 Å². The number of carboxylic acid groups (broad SMARTS) is 1. The lowest BCUT2D eigenvalue weighted by Crippen LogP contribution is -2.36. The molecule has 0 aliphatic heterocycles. The van der Waals surface area contributed by atoms with Crippen molar-refractivity contribution >= 4 is 18.0 Å². The number of alkyl carbamates (subject to hydrolysis) is 1. The van der Waals surface area contributed by atoms with Crippen LogP contribution < -0.4 is 14.8 Å². The molecule has 0 aliphatic carbocycles. The molecule has 29 heavy (non-hydrogen) atoms. The highest BCUT2D eigenvalue weighted by atomic mass is 16.9. The number of esters is 1. The minimum atomic E-state index is -1.25. The van der Waals surface area contributed by atoms with E-state index in [0.29, 0.717) is 0 Å². The Kier molecular flexibility index (Phi) is 8.65. The molecule has 12 nitrogen and oxygen atoms in total. The molecule has 1 aromatic carbocycles. The van der Waals surface area contributed by atoms with Crippen LogP contribution in [0.3, 0.4) is 0 Å². The summed E-state index contributed by atoms with van der Waals surface area (Å²) in [6, 6.07) is 3.60. The number of hydrogen-bond donors (Lipinski definition) is 2. The van der Waals surface area contributed by atoms with Gasteiger partial charge in [0.25, 0.3) is 5.09 Å². The molecule has 1 rings (SSSR count). The second-order valence-electron chi connectivity index (χ2n) is 6.56. The third kappa shape index (κ3) is 9.79. The third-order valence-electron chi connectivity index (χ3n) is 2.93. The Hall–Kier alpha value is -3.57. The van der Waals surface area contributed by atoms with Crippen LogP contribution in [-0.4, -0.2) is 53.6 Å². The lowest BCUT2D eigenvalue weighted by molar-refractivity contribution is -0.757. The molecule has 0 bridgehead atoms. The Morgan fingerprint density at radius 3 is 2.45 bits per heavy atom. The minimum Gasteiger partial charge on any atom is -0.490 e. The zero-order valence-electron chi connectivity index (χ0n) is 16.1. The van der Waals surface area contributed by atoms with E-state index >= 15 is 0 Å². The molecular weight excluding hydrogens is 392 g/mol. The number of carbonyl (C=O) groups excluding carboxylic acids is 2. The number of benzene rings is 1. The lowest BCUT2D eigenvalue weighted by Gasteiger charge is -2.19. The van der Waals surface area contributed by atoms with Gasteiger partial charge in [-0.2, -0.15) is 0 Å². The van der Waals surface area contributed by atoms with Crippen LogP contribution in [0, 0.1) is 10.1 Å². The maximum Gasteiger partial charge on any atom is 0.408 e. The first-order valence-electron chi connectivity index (χ1n) is 8.43. The van der Waals surface area contributed by atoms with Gasteiger partial charge in [-0.25, -0.2) is 14.4 Å². The summed E-state index contributed by atoms with van der Waals surface area (Å²) < 4.78 is 15.4. The zero-order chi connectivity index (χ0) is 22.0. The van der Waals surface area contributed by atoms with Crippen LogP contribution >= 0.6 is 0 Å². The molecule has 0 radical (unpaired) electrons. The van der Waals surface area contributed by atoms with Crippen molar-refractivity contribution in [3.05, 3.63) is 33.9 Å². The highest BCUT2D eigenvalue weighted by Gasteiger charge is 2.18. The molecule has 0 unspecified atom stereocenters. The van der Waals surface area contributed by atoms with Crippen LogP contribution in [0.5, 0.6) is 11.5 Å². The van der Waals surface area contributed by atoms with E-state index in [9.17, 15) is 24.5 Å². The molecule has 2 N–H and O–H groups in total. The van der Waals surface area contributed by atoms with E-state index < -0.39 is 35.3 Å². The Labute approximate surface area is 165 Å². The van der Waals surface area contributed by atoms with Crippen LogP contribution in [0.2, 0.25) is 0 Å². The summed E-state index contributed by atoms with van der Waals surface area (Å²) in [5, 5.41) is 20.4. The number of ether oxygens (including phenoxy) is 3. The smallest absolute Gasteiger partial charge is 0.408 e. The molecule has 0 aromatic heterocycles. The topological polar surface area (TPSA) is 164 Å². The monoisotopic (exact) mass is 414 g/mol. The van der Waals surface area contributed by atoms with Gasteiger partial charge in [-0.3, -0.25) is 0 Å². The van der Waals surface area contributed by atoms with Crippen LogP contribution in [0.4, 0.5) is 4.79 Å². The highest BCUT2D eigenvalue weighted by Crippen LogP contribution is 2.29. The molecule has 0 atom stereocenters. The Bertz CT molecular complexity index is 757. The van der Waals surface area contributed by atoms with Gasteiger partial charge in [-0.1, -0.05) is 0 Å². The predicted molar refractivity (Wildman–Crippen MR) is 96.3 cm³/mol. The SMILES string of the molecule is CC(C)(C)OC(=O)NCC(=O)Oc1cc(C(=O)O)ccc1OCCCO[N+](=O)[O-]. The van der Waals surface area contributed by atoms with E-state index in [1.165, 1.54) is 12.1 Å². The summed E-state index contributed by atoms with van der Waals surface area (Å²) in [5.74, 6) is -2.28. The summed E-state index contributed by atoms with van der Waals surface area (Å²) in [4.78, 5) is 48.9. The van der Waals surface area contributed by atoms with Gasteiger partial charge in [0, 0.05) is 6.42 Å². The van der Waals surface area contributed by atoms with E-state index in [-0.39, 0.29) is 36.7 Å². The van der Waals surface area contributed by atoms with E-state index in [2.05, 4.69) is 10.2 Å². The fourth-order valence-corrected chi connectivity index (χ4v) is 1.84. The third-order valence-corrected chi connectivity index (χ3v) is 2.93. The van der Waals surface area contributed by atoms with E-state index in [1.54, 1.807) is 20.8 Å². The quantitative estimate of drug-likeness (QED) is 0.190. The molecule has 0 saturated heterocycles. The number of aromatic carboxylic acids is 1. The van der Waals surface area contributed by atoms with Gasteiger partial charge in [0.15, 0.2) is 11.5 Å². The minimum absolute atomic E-state index is 0.0129. The Morgan fingerprint density at radius 2 is 1.86 bits per heavy atom. The Morgan fingerprint density at radius 1 is 1.17 bits per heavy atom. The molecule has 0 saturated carbocycles. The number of rotatable bonds is 10. The molecule has 160 valence electrons. The van der Waals surface area contributed by atoms with Crippen molar-refractivity contribution in [1.29, 1.82) is 0 Å². The summed E-state index contributed by atoms with van der Waals surface area (Å²) >= 11 is 0. The molecule has 0 spiro atoms. The lowest BCUT2D eigenvalue weighted by atomic mass is 10.2. The zero-order valence-corrected chi connectivity index (χ0v) is 16.1. The average molecular weight is 414 g/mol. The van der Waals surface area contributed by atoms with Crippen molar-refractivity contribution in [2.75, 3.05) is 19.8 Å². The normalized spacial score (nSPS) is 10.6. The van der Waals surface area contributed by atoms with E-state index in [4.69, 9.17) is 19.3 Å². The van der Waals surface area contributed by atoms with Gasteiger partial charge in [0.05, 0.1) is 18.8 Å². The number of hydrogen-bond acceptors (Lipinski definition) is 9. The van der Waals surface area contributed by atoms with Crippen molar-refractivity contribution in [2.24, 2.45) is 0 Å². The fraction of sp³-hybridized carbons (Fsp3) is 0.471. The number of nitrogens with one attached hydrogen (secondary N) is 1. The van der Waals surface area contributed by atoms with Gasteiger partial charge in [0.1, 0.15) is 12.1 Å². The standard InChI is InChI=1S/C17H22N2O10/c1-17(2,3)29-16(23)18-10-14(20)28-13-9-11(15(21)22)5-6-12(13)26-7-4-8-27-19(24)25/h5-6,9H,4,7-8,10H2,1-3H3,(H,18,23)(H,21,22). The van der Waals surface area contributed by atoms with Gasteiger partial charge < -0.3 is 29.5 Å². The largest absolute Gasteiger partial charge is 0.490 e. The second-order valence-corrected chi connectivity index (χ2v) is 6.56. The fourth-order valence-electron chi connectivity index (χ4n) is 1.84. The summed E-state index contributed by atoms with van der Waals surface area (Å²) in [6.07, 6.45) is -0.661. The molecule has 1 aromatic rings. The predicted octanol–water partition coefficient (Wildman–Crippen LogP) is 1.79. The molecule has 12 heteroatoms. The number of carbonyl (C=O) groups is 3. The maximum absolute atomic E-state index is 12.0. The molecule has 1 amide bonds. The van der Waals surface area contributed by atoms with Crippen molar-refractivity contribution in [2.45, 2.75) is 32.8 Å². The van der Waals surface area contributed by atoms with Gasteiger partial charge in [0.2, 0.25) is 0 Å². The average Bonchev–Trinajstić information content (AvgIpc) is 2.59. The van der Waals surface area contributed by atoms with E-state index in [0.717, 1.165) is 6.07 Å². The number of nitrogens with zero attached hydrogens (tertiary/aromatic N) is 1. The summed E-state index contributed by atoms with van der Waals surface area (Å²) in [5.41, 5.74) is -0.902. The van der Waals surface area contributed by atoms with Crippen molar-refractivity contribution in [1.82, 2.24) is 5.32 Å². The first kappa shape index (κ1) is 23.5. The molecule has 0 fully saturated rings. The number of carboxylic acids is 1. The van der Waals surface area contributed by atoms with Crippen molar-refractivity contribution in [3.8, 4) is 11.5 Å². The molecule has 0 heterocycles. The van der Waals surface area contributed by atoms with Crippen LogP contribution in [0.25, 0.3) is 0 Å². The summed E-state index contributed by atoms with van der Waals surface area (Å²) in [6.45, 7) is 4.23. The van der Waals surface area contributed by atoms with Crippen LogP contribution in [0.1, 0.15) is 37.6 Å². The first-order chi connectivity index (χ1) is 13.5. The highest BCUT2D eigenvalue weighted by molar-refractivity contribution is 5.89. The molecule has 0 aliphatic rings. The molecular formula is C17H22N2O10. The van der Waals surface area contributed by atoms with Gasteiger partial charge >= 0.3 is 18.0 Å². The van der Waals surface area contributed by atoms with Crippen molar-refractivity contribution < 1.29 is 43.6 Å². The van der Waals surface area contributed by atoms with Crippen LogP contribution in [-0.2, 0) is 14.4 Å². The summed E-state index contributed by atoms with van der Waals surface area (Å²) in [7, 11) is 0. The maximum atomic E-state index is 12.0. The van der Waals surface area contributed by atoms with E-state index in [1.807, 2.05) is 0 Å². The van der Waals surface area contributed by atoms with Gasteiger partial charge in [-0.05, 0) is 39.0 Å². The van der Waals surface area contributed by atoms with Gasteiger partial charge in [-0.15, -0.1) is 10.1 Å². The number of amides is 1. The van der Waals surface area contributed by atoms with Crippen LogP contribution in [0.15, 0.2) is 18.2 Å². The Balaban J connectivity index is 2.71.